The Morgan fingerprint density at radius 1 is 1.08 bits per heavy atom. The van der Waals surface area contributed by atoms with E-state index in [4.69, 9.17) is 16.3 Å². The predicted molar refractivity (Wildman–Crippen MR) is 143 cm³/mol. The second-order valence-electron chi connectivity index (χ2n) is 8.95. The number of fused-ring (bicyclic) bond motifs is 1. The van der Waals surface area contributed by atoms with Crippen LogP contribution in [-0.2, 0) is 0 Å². The minimum absolute atomic E-state index is 0.0158. The second kappa shape index (κ2) is 12.1. The Kier molecular flexibility index (Phi) is 8.64. The molecule has 0 aliphatic carbocycles. The molecule has 0 fully saturated rings. The summed E-state index contributed by atoms with van der Waals surface area (Å²) in [6.07, 6.45) is 7.16. The van der Waals surface area contributed by atoms with Gasteiger partial charge in [0.25, 0.3) is 0 Å². The molecule has 0 spiro atoms. The molecule has 1 N–H and O–H groups in total. The zero-order valence-corrected chi connectivity index (χ0v) is 22.1. The lowest BCUT2D eigenvalue weighted by Gasteiger charge is -2.20. The lowest BCUT2D eigenvalue weighted by molar-refractivity contribution is 0.282. The van der Waals surface area contributed by atoms with Crippen molar-refractivity contribution >= 4 is 28.3 Å². The molecule has 7 nitrogen and oxygen atoms in total. The van der Waals surface area contributed by atoms with E-state index in [9.17, 15) is 9.65 Å². The van der Waals surface area contributed by atoms with Gasteiger partial charge in [-0.15, -0.1) is 0 Å². The summed E-state index contributed by atoms with van der Waals surface area (Å²) in [5.74, 6) is -1.07. The van der Waals surface area contributed by atoms with Gasteiger partial charge in [0.15, 0.2) is 5.82 Å². The number of aryl methyl sites for hydroxylation is 1. The van der Waals surface area contributed by atoms with Gasteiger partial charge in [-0.2, -0.15) is 5.26 Å². The van der Waals surface area contributed by atoms with Gasteiger partial charge < -0.3 is 10.1 Å². The molecule has 0 aliphatic heterocycles. The number of nitriles is 1. The van der Waals surface area contributed by atoms with Gasteiger partial charge in [-0.1, -0.05) is 37.8 Å². The first-order valence-electron chi connectivity index (χ1n) is 12.4. The fraction of sp³-hybridized carbons (Fsp3) is 0.321. The zero-order chi connectivity index (χ0) is 27.2. The van der Waals surface area contributed by atoms with Crippen molar-refractivity contribution in [2.75, 3.05) is 11.9 Å². The number of rotatable bonds is 10. The van der Waals surface area contributed by atoms with Gasteiger partial charge in [0.1, 0.15) is 17.0 Å². The number of benzene rings is 1. The molecule has 0 aliphatic rings. The van der Waals surface area contributed by atoms with Crippen molar-refractivity contribution in [3.05, 3.63) is 70.1 Å². The van der Waals surface area contributed by atoms with E-state index in [1.54, 1.807) is 13.8 Å². The molecule has 0 saturated carbocycles. The van der Waals surface area contributed by atoms with E-state index in [-0.39, 0.29) is 27.8 Å². The van der Waals surface area contributed by atoms with Crippen molar-refractivity contribution < 1.29 is 13.5 Å². The van der Waals surface area contributed by atoms with E-state index in [0.29, 0.717) is 34.6 Å². The molecule has 4 aromatic rings. The van der Waals surface area contributed by atoms with Crippen molar-refractivity contribution in [3.8, 4) is 23.3 Å². The third-order valence-corrected chi connectivity index (χ3v) is 6.56. The Balaban J connectivity index is 1.67. The molecule has 3 heterocycles. The topological polar surface area (TPSA) is 96.6 Å². The zero-order valence-electron chi connectivity index (χ0n) is 21.4. The van der Waals surface area contributed by atoms with Crippen LogP contribution in [0, 0.1) is 29.9 Å². The highest BCUT2D eigenvalue weighted by Crippen LogP contribution is 2.36. The Bertz CT molecular complexity index is 1490. The third kappa shape index (κ3) is 5.97. The minimum atomic E-state index is -0.602. The number of hydrogen-bond donors (Lipinski definition) is 1. The molecule has 196 valence electrons. The molecular formula is C28H27ClF2N6O. The van der Waals surface area contributed by atoms with Gasteiger partial charge in [0, 0.05) is 29.6 Å². The maximum absolute atomic E-state index is 15.1. The first-order valence-corrected chi connectivity index (χ1v) is 12.8. The quantitative estimate of drug-likeness (QED) is 0.212. The van der Waals surface area contributed by atoms with Crippen molar-refractivity contribution in [3.63, 3.8) is 0 Å². The van der Waals surface area contributed by atoms with E-state index < -0.39 is 17.7 Å². The Hall–Kier alpha value is -3.90. The fourth-order valence-corrected chi connectivity index (χ4v) is 4.23. The van der Waals surface area contributed by atoms with Gasteiger partial charge in [-0.3, -0.25) is 0 Å². The standard InChI is InChI=1S/C28H27ClF2N6O/c1-4-5-6-7-10-38-28-33-14-19(15-34-28)25-22(31)12-23-26(37-25)27(24(29)17(3)35-23)36-16(2)20-11-18(13-32)8-9-21(20)30/h8-9,11-12,14-16H,4-7,10H2,1-3H3,(H,35,36)/t16-/m1/s1. The summed E-state index contributed by atoms with van der Waals surface area (Å²) >= 11 is 6.60. The van der Waals surface area contributed by atoms with Gasteiger partial charge in [-0.25, -0.2) is 28.7 Å². The van der Waals surface area contributed by atoms with Gasteiger partial charge in [0.2, 0.25) is 0 Å². The first kappa shape index (κ1) is 27.1. The van der Waals surface area contributed by atoms with Crippen LogP contribution in [0.25, 0.3) is 22.3 Å². The highest BCUT2D eigenvalue weighted by molar-refractivity contribution is 6.35. The Morgan fingerprint density at radius 2 is 1.84 bits per heavy atom. The highest BCUT2D eigenvalue weighted by atomic mass is 35.5. The molecule has 38 heavy (non-hydrogen) atoms. The maximum Gasteiger partial charge on any atom is 0.316 e. The molecule has 1 atom stereocenters. The minimum Gasteiger partial charge on any atom is -0.463 e. The summed E-state index contributed by atoms with van der Waals surface area (Å²) in [7, 11) is 0. The van der Waals surface area contributed by atoms with Crippen LogP contribution in [0.15, 0.2) is 36.7 Å². The SMILES string of the molecule is CCCCCCOc1ncc(-c2nc3c(N[C@H](C)c4cc(C#N)ccc4F)c(Cl)c(C)nc3cc2F)cn1. The Labute approximate surface area is 224 Å². The number of halogens is 3. The smallest absolute Gasteiger partial charge is 0.316 e. The molecular weight excluding hydrogens is 510 g/mol. The van der Waals surface area contributed by atoms with E-state index in [1.165, 1.54) is 36.7 Å². The number of anilines is 1. The second-order valence-corrected chi connectivity index (χ2v) is 9.33. The van der Waals surface area contributed by atoms with E-state index in [2.05, 4.69) is 32.2 Å². The van der Waals surface area contributed by atoms with Crippen molar-refractivity contribution in [2.24, 2.45) is 0 Å². The lowest BCUT2D eigenvalue weighted by atomic mass is 10.0. The highest BCUT2D eigenvalue weighted by Gasteiger charge is 2.20. The largest absolute Gasteiger partial charge is 0.463 e. The molecule has 1 aromatic carbocycles. The van der Waals surface area contributed by atoms with Crippen LogP contribution in [0.2, 0.25) is 5.02 Å². The third-order valence-electron chi connectivity index (χ3n) is 6.10. The first-order chi connectivity index (χ1) is 18.3. The molecule has 0 saturated heterocycles. The van der Waals surface area contributed by atoms with Crippen LogP contribution in [0.5, 0.6) is 6.01 Å². The van der Waals surface area contributed by atoms with Crippen LogP contribution in [-0.4, -0.2) is 26.5 Å². The van der Waals surface area contributed by atoms with Gasteiger partial charge >= 0.3 is 6.01 Å². The summed E-state index contributed by atoms with van der Waals surface area (Å²) in [5.41, 5.74) is 2.39. The molecule has 4 rings (SSSR count). The molecule has 0 radical (unpaired) electrons. The van der Waals surface area contributed by atoms with E-state index >= 15 is 4.39 Å². The summed E-state index contributed by atoms with van der Waals surface area (Å²) < 4.78 is 35.3. The number of hydrogen-bond acceptors (Lipinski definition) is 7. The fourth-order valence-electron chi connectivity index (χ4n) is 4.04. The normalized spacial score (nSPS) is 11.8. The van der Waals surface area contributed by atoms with Crippen LogP contribution in [0.1, 0.15) is 62.4 Å². The summed E-state index contributed by atoms with van der Waals surface area (Å²) in [4.78, 5) is 17.3. The lowest BCUT2D eigenvalue weighted by Crippen LogP contribution is -2.11. The monoisotopic (exact) mass is 536 g/mol. The number of aromatic nitrogens is 4. The number of pyridine rings is 2. The summed E-state index contributed by atoms with van der Waals surface area (Å²) in [5, 5.41) is 12.7. The molecule has 0 unspecified atom stereocenters. The van der Waals surface area contributed by atoms with Crippen molar-refractivity contribution in [1.82, 2.24) is 19.9 Å². The van der Waals surface area contributed by atoms with Gasteiger partial charge in [-0.05, 0) is 38.5 Å². The molecule has 0 amide bonds. The summed E-state index contributed by atoms with van der Waals surface area (Å²) in [6.45, 7) is 6.07. The average Bonchev–Trinajstić information content (AvgIpc) is 2.91. The van der Waals surface area contributed by atoms with Crippen LogP contribution >= 0.6 is 11.6 Å². The molecule has 10 heteroatoms. The van der Waals surface area contributed by atoms with Crippen LogP contribution in [0.3, 0.4) is 0 Å². The summed E-state index contributed by atoms with van der Waals surface area (Å²) in [6, 6.07) is 7.04. The number of nitrogens with zero attached hydrogens (tertiary/aromatic N) is 5. The van der Waals surface area contributed by atoms with Crippen molar-refractivity contribution in [1.29, 1.82) is 5.26 Å². The number of ether oxygens (including phenoxy) is 1. The maximum atomic E-state index is 15.1. The Morgan fingerprint density at radius 3 is 2.55 bits per heavy atom. The molecule has 0 bridgehead atoms. The van der Waals surface area contributed by atoms with E-state index in [0.717, 1.165) is 25.7 Å². The van der Waals surface area contributed by atoms with E-state index in [1.807, 2.05) is 6.07 Å². The van der Waals surface area contributed by atoms with Crippen LogP contribution < -0.4 is 10.1 Å². The van der Waals surface area contributed by atoms with Gasteiger partial charge in [0.05, 0.1) is 46.2 Å². The predicted octanol–water partition coefficient (Wildman–Crippen LogP) is 7.33. The number of unbranched alkanes of at least 4 members (excludes halogenated alkanes) is 3. The van der Waals surface area contributed by atoms with Crippen molar-refractivity contribution in [2.45, 2.75) is 52.5 Å². The number of nitrogens with one attached hydrogen (secondary N) is 1. The molecule has 3 aromatic heterocycles. The van der Waals surface area contributed by atoms with Crippen LogP contribution in [0.4, 0.5) is 14.5 Å². The average molecular weight is 537 g/mol.